The molecule has 0 unspecified atom stereocenters. The Labute approximate surface area is 73.9 Å². The fraction of sp³-hybridized carbons (Fsp3) is 0.900. The van der Waals surface area contributed by atoms with Crippen LogP contribution in [0.3, 0.4) is 0 Å². The minimum atomic E-state index is 0.362. The molecule has 1 aliphatic heterocycles. The lowest BCUT2D eigenvalue weighted by molar-refractivity contribution is -0.112. The smallest absolute Gasteiger partial charge is 0.123 e. The number of likely N-dealkylation sites (tertiary alicyclic amines) is 1. The zero-order valence-electron chi connectivity index (χ0n) is 7.54. The van der Waals surface area contributed by atoms with Gasteiger partial charge >= 0.3 is 0 Å². The SMILES string of the molecule is O=CC1CCN(C2CCC2)CC1. The normalized spacial score (nSPS) is 28.3. The van der Waals surface area contributed by atoms with E-state index in [0.29, 0.717) is 5.92 Å². The largest absolute Gasteiger partial charge is 0.303 e. The highest BCUT2D eigenvalue weighted by Crippen LogP contribution is 2.28. The van der Waals surface area contributed by atoms with E-state index in [4.69, 9.17) is 0 Å². The van der Waals surface area contributed by atoms with Gasteiger partial charge in [0, 0.05) is 12.0 Å². The van der Waals surface area contributed by atoms with Gasteiger partial charge in [-0.15, -0.1) is 0 Å². The third kappa shape index (κ3) is 1.53. The molecule has 0 N–H and O–H groups in total. The van der Waals surface area contributed by atoms with E-state index in [-0.39, 0.29) is 0 Å². The van der Waals surface area contributed by atoms with Crippen molar-refractivity contribution in [2.75, 3.05) is 13.1 Å². The number of piperidine rings is 1. The molecular weight excluding hydrogens is 150 g/mol. The summed E-state index contributed by atoms with van der Waals surface area (Å²) in [5, 5.41) is 0. The van der Waals surface area contributed by atoms with Crippen LogP contribution in [-0.4, -0.2) is 30.3 Å². The minimum Gasteiger partial charge on any atom is -0.303 e. The molecule has 0 aromatic rings. The van der Waals surface area contributed by atoms with Crippen molar-refractivity contribution >= 4 is 6.29 Å². The maximum Gasteiger partial charge on any atom is 0.123 e. The first-order valence-corrected chi connectivity index (χ1v) is 5.09. The number of aldehydes is 1. The van der Waals surface area contributed by atoms with Crippen LogP contribution in [0.2, 0.25) is 0 Å². The molecule has 0 amide bonds. The number of hydrogen-bond acceptors (Lipinski definition) is 2. The molecule has 0 radical (unpaired) electrons. The number of carbonyl (C=O) groups excluding carboxylic acids is 1. The van der Waals surface area contributed by atoms with Gasteiger partial charge in [0.15, 0.2) is 0 Å². The summed E-state index contributed by atoms with van der Waals surface area (Å²) in [6, 6.07) is 0.873. The van der Waals surface area contributed by atoms with E-state index >= 15 is 0 Å². The second-order valence-corrected chi connectivity index (χ2v) is 4.09. The minimum absolute atomic E-state index is 0.362. The molecule has 1 saturated carbocycles. The summed E-state index contributed by atoms with van der Waals surface area (Å²) in [5.41, 5.74) is 0. The monoisotopic (exact) mass is 167 g/mol. The van der Waals surface area contributed by atoms with E-state index in [2.05, 4.69) is 4.90 Å². The average molecular weight is 167 g/mol. The van der Waals surface area contributed by atoms with Crippen LogP contribution in [0, 0.1) is 5.92 Å². The molecule has 2 heteroatoms. The third-order valence-electron chi connectivity index (χ3n) is 3.36. The fourth-order valence-corrected chi connectivity index (χ4v) is 2.17. The van der Waals surface area contributed by atoms with Crippen molar-refractivity contribution in [1.29, 1.82) is 0 Å². The summed E-state index contributed by atoms with van der Waals surface area (Å²) in [7, 11) is 0. The molecular formula is C10H17NO. The zero-order valence-corrected chi connectivity index (χ0v) is 7.54. The van der Waals surface area contributed by atoms with Crippen LogP contribution in [0.5, 0.6) is 0 Å². The zero-order chi connectivity index (χ0) is 8.39. The molecule has 12 heavy (non-hydrogen) atoms. The standard InChI is InChI=1S/C10H17NO/c12-8-9-4-6-11(7-5-9)10-2-1-3-10/h8-10H,1-7H2. The molecule has 2 aliphatic rings. The van der Waals surface area contributed by atoms with Gasteiger partial charge < -0.3 is 9.69 Å². The van der Waals surface area contributed by atoms with Crippen LogP contribution in [-0.2, 0) is 4.79 Å². The second kappa shape index (κ2) is 3.56. The van der Waals surface area contributed by atoms with Crippen molar-refractivity contribution < 1.29 is 4.79 Å². The van der Waals surface area contributed by atoms with Crippen molar-refractivity contribution in [2.45, 2.75) is 38.1 Å². The lowest BCUT2D eigenvalue weighted by atomic mass is 9.88. The Balaban J connectivity index is 1.77. The van der Waals surface area contributed by atoms with Gasteiger partial charge in [0.1, 0.15) is 6.29 Å². The first-order chi connectivity index (χ1) is 5.90. The molecule has 0 spiro atoms. The molecule has 2 nitrogen and oxygen atoms in total. The third-order valence-corrected chi connectivity index (χ3v) is 3.36. The van der Waals surface area contributed by atoms with Crippen LogP contribution < -0.4 is 0 Å². The Hall–Kier alpha value is -0.370. The second-order valence-electron chi connectivity index (χ2n) is 4.09. The Kier molecular flexibility index (Phi) is 2.45. The Morgan fingerprint density at radius 3 is 2.17 bits per heavy atom. The lowest BCUT2D eigenvalue weighted by Crippen LogP contribution is -2.44. The van der Waals surface area contributed by atoms with Gasteiger partial charge in [-0.05, 0) is 38.8 Å². The molecule has 68 valence electrons. The van der Waals surface area contributed by atoms with Crippen LogP contribution >= 0.6 is 0 Å². The summed E-state index contributed by atoms with van der Waals surface area (Å²) >= 11 is 0. The van der Waals surface area contributed by atoms with Gasteiger partial charge in [0.25, 0.3) is 0 Å². The van der Waals surface area contributed by atoms with Gasteiger partial charge in [0.2, 0.25) is 0 Å². The number of carbonyl (C=O) groups is 1. The molecule has 1 heterocycles. The lowest BCUT2D eigenvalue weighted by Gasteiger charge is -2.40. The van der Waals surface area contributed by atoms with E-state index in [9.17, 15) is 4.79 Å². The summed E-state index contributed by atoms with van der Waals surface area (Å²) in [6.07, 6.45) is 7.54. The predicted octanol–water partition coefficient (Wildman–Crippen LogP) is 1.45. The summed E-state index contributed by atoms with van der Waals surface area (Å²) in [4.78, 5) is 13.1. The van der Waals surface area contributed by atoms with Crippen LogP contribution in [0.25, 0.3) is 0 Å². The quantitative estimate of drug-likeness (QED) is 0.580. The van der Waals surface area contributed by atoms with Crippen molar-refractivity contribution in [1.82, 2.24) is 4.90 Å². The van der Waals surface area contributed by atoms with E-state index in [0.717, 1.165) is 38.3 Å². The first-order valence-electron chi connectivity index (χ1n) is 5.09. The molecule has 1 saturated heterocycles. The Morgan fingerprint density at radius 2 is 1.75 bits per heavy atom. The summed E-state index contributed by atoms with van der Waals surface area (Å²) < 4.78 is 0. The van der Waals surface area contributed by atoms with Crippen molar-refractivity contribution in [3.8, 4) is 0 Å². The van der Waals surface area contributed by atoms with Crippen molar-refractivity contribution in [3.63, 3.8) is 0 Å². The topological polar surface area (TPSA) is 20.3 Å². The maximum absolute atomic E-state index is 10.5. The average Bonchev–Trinajstić information content (AvgIpc) is 2.03. The number of hydrogen-bond donors (Lipinski definition) is 0. The molecule has 0 bridgehead atoms. The van der Waals surface area contributed by atoms with Crippen LogP contribution in [0.4, 0.5) is 0 Å². The molecule has 2 rings (SSSR count). The van der Waals surface area contributed by atoms with E-state index in [1.807, 2.05) is 0 Å². The molecule has 0 aromatic heterocycles. The van der Waals surface area contributed by atoms with Gasteiger partial charge in [-0.2, -0.15) is 0 Å². The van der Waals surface area contributed by atoms with Crippen LogP contribution in [0.15, 0.2) is 0 Å². The molecule has 1 aliphatic carbocycles. The Morgan fingerprint density at radius 1 is 1.08 bits per heavy atom. The van der Waals surface area contributed by atoms with Gasteiger partial charge in [-0.25, -0.2) is 0 Å². The molecule has 2 fully saturated rings. The Bertz CT molecular complexity index is 157. The highest BCUT2D eigenvalue weighted by Gasteiger charge is 2.28. The van der Waals surface area contributed by atoms with Gasteiger partial charge in [-0.3, -0.25) is 0 Å². The number of rotatable bonds is 2. The van der Waals surface area contributed by atoms with Gasteiger partial charge in [-0.1, -0.05) is 6.42 Å². The van der Waals surface area contributed by atoms with E-state index in [1.54, 1.807) is 0 Å². The summed E-state index contributed by atoms with van der Waals surface area (Å²) in [6.45, 7) is 2.32. The van der Waals surface area contributed by atoms with Crippen LogP contribution in [0.1, 0.15) is 32.1 Å². The van der Waals surface area contributed by atoms with E-state index in [1.165, 1.54) is 19.3 Å². The maximum atomic E-state index is 10.5. The highest BCUT2D eigenvalue weighted by molar-refractivity contribution is 5.53. The predicted molar refractivity (Wildman–Crippen MR) is 48.0 cm³/mol. The van der Waals surface area contributed by atoms with Crippen molar-refractivity contribution in [3.05, 3.63) is 0 Å². The highest BCUT2D eigenvalue weighted by atomic mass is 16.1. The molecule has 0 atom stereocenters. The van der Waals surface area contributed by atoms with Crippen molar-refractivity contribution in [2.24, 2.45) is 5.92 Å². The summed E-state index contributed by atoms with van der Waals surface area (Å²) in [5.74, 6) is 0.362. The number of nitrogens with zero attached hydrogens (tertiary/aromatic N) is 1. The van der Waals surface area contributed by atoms with E-state index < -0.39 is 0 Å². The molecule has 0 aromatic carbocycles. The fourth-order valence-electron chi connectivity index (χ4n) is 2.17. The van der Waals surface area contributed by atoms with Gasteiger partial charge in [0.05, 0.1) is 0 Å². The first kappa shape index (κ1) is 8.24.